The van der Waals surface area contributed by atoms with Crippen LogP contribution in [-0.4, -0.2) is 12.6 Å². The van der Waals surface area contributed by atoms with Crippen molar-refractivity contribution in [1.29, 1.82) is 0 Å². The lowest BCUT2D eigenvalue weighted by Crippen LogP contribution is -2.24. The number of hydrogen-bond acceptors (Lipinski definition) is 1. The summed E-state index contributed by atoms with van der Waals surface area (Å²) in [5.41, 5.74) is 3.90. The number of hydrogen-bond donors (Lipinski definition) is 1. The average molecular weight is 229 g/mol. The molecule has 1 nitrogen and oxygen atoms in total. The van der Waals surface area contributed by atoms with Gasteiger partial charge in [0.05, 0.1) is 0 Å². The molecule has 1 aliphatic heterocycles. The van der Waals surface area contributed by atoms with Gasteiger partial charge >= 0.3 is 0 Å². The van der Waals surface area contributed by atoms with E-state index >= 15 is 0 Å². The normalized spacial score (nSPS) is 25.3. The molecule has 1 saturated heterocycles. The lowest BCUT2D eigenvalue weighted by Gasteiger charge is -2.14. The minimum Gasteiger partial charge on any atom is -0.314 e. The van der Waals surface area contributed by atoms with E-state index in [-0.39, 0.29) is 0 Å². The lowest BCUT2D eigenvalue weighted by molar-refractivity contribution is 0.546. The molecule has 0 radical (unpaired) electrons. The predicted octanol–water partition coefficient (Wildman–Crippen LogP) is 3.97. The summed E-state index contributed by atoms with van der Waals surface area (Å²) >= 11 is 0. The Bertz CT molecular complexity index is 377. The molecule has 0 amide bonds. The van der Waals surface area contributed by atoms with Crippen molar-refractivity contribution >= 4 is 5.57 Å². The molecule has 17 heavy (non-hydrogen) atoms. The van der Waals surface area contributed by atoms with Gasteiger partial charge in [0.15, 0.2) is 0 Å². The van der Waals surface area contributed by atoms with Crippen molar-refractivity contribution in [1.82, 2.24) is 5.32 Å². The third-order valence-electron chi connectivity index (χ3n) is 3.81. The molecule has 1 aromatic rings. The number of allylic oxidation sites excluding steroid dienone is 1. The molecule has 1 fully saturated rings. The fraction of sp³-hybridized carbons (Fsp3) is 0.500. The van der Waals surface area contributed by atoms with Gasteiger partial charge < -0.3 is 5.32 Å². The van der Waals surface area contributed by atoms with E-state index < -0.39 is 0 Å². The van der Waals surface area contributed by atoms with Gasteiger partial charge in [-0.15, -0.1) is 0 Å². The van der Waals surface area contributed by atoms with Gasteiger partial charge in [-0.2, -0.15) is 0 Å². The number of benzene rings is 1. The molecule has 0 bridgehead atoms. The van der Waals surface area contributed by atoms with Crippen LogP contribution in [0.15, 0.2) is 30.8 Å². The second-order valence-electron chi connectivity index (χ2n) is 5.32. The monoisotopic (exact) mass is 229 g/mol. The van der Waals surface area contributed by atoms with Gasteiger partial charge in [-0.25, -0.2) is 0 Å². The van der Waals surface area contributed by atoms with Gasteiger partial charge in [-0.3, -0.25) is 0 Å². The molecule has 0 aromatic heterocycles. The Balaban J connectivity index is 2.08. The van der Waals surface area contributed by atoms with Crippen LogP contribution in [0.1, 0.15) is 50.2 Å². The van der Waals surface area contributed by atoms with Crippen LogP contribution >= 0.6 is 0 Å². The highest BCUT2D eigenvalue weighted by atomic mass is 14.9. The maximum absolute atomic E-state index is 3.98. The zero-order valence-electron chi connectivity index (χ0n) is 11.0. The first-order valence-corrected chi connectivity index (χ1v) is 6.66. The lowest BCUT2D eigenvalue weighted by atomic mass is 9.90. The smallest absolute Gasteiger partial charge is 0.00389 e. The summed E-state index contributed by atoms with van der Waals surface area (Å²) in [6, 6.07) is 9.66. The molecule has 0 spiro atoms. The van der Waals surface area contributed by atoms with E-state index in [1.165, 1.54) is 30.4 Å². The molecule has 92 valence electrons. The minimum absolute atomic E-state index is 0.676. The summed E-state index contributed by atoms with van der Waals surface area (Å²) < 4.78 is 0. The highest BCUT2D eigenvalue weighted by Gasteiger charge is 2.16. The third kappa shape index (κ3) is 3.19. The van der Waals surface area contributed by atoms with E-state index in [2.05, 4.69) is 50.0 Å². The second-order valence-corrected chi connectivity index (χ2v) is 5.32. The zero-order chi connectivity index (χ0) is 12.3. The van der Waals surface area contributed by atoms with E-state index in [0.29, 0.717) is 6.04 Å². The van der Waals surface area contributed by atoms with Crippen molar-refractivity contribution in [3.05, 3.63) is 42.0 Å². The first-order valence-electron chi connectivity index (χ1n) is 6.66. The van der Waals surface area contributed by atoms with Gasteiger partial charge in [-0.05, 0) is 56.7 Å². The van der Waals surface area contributed by atoms with Gasteiger partial charge in [0, 0.05) is 6.04 Å². The quantitative estimate of drug-likeness (QED) is 0.809. The molecule has 1 heterocycles. The molecule has 0 aliphatic carbocycles. The van der Waals surface area contributed by atoms with Crippen LogP contribution in [-0.2, 0) is 0 Å². The molecular formula is C16H23N. The maximum Gasteiger partial charge on any atom is 0.00389 e. The van der Waals surface area contributed by atoms with Crippen LogP contribution in [0.4, 0.5) is 0 Å². The van der Waals surface area contributed by atoms with E-state index in [1.54, 1.807) is 0 Å². The van der Waals surface area contributed by atoms with Gasteiger partial charge in [0.2, 0.25) is 0 Å². The first-order chi connectivity index (χ1) is 8.16. The molecule has 2 rings (SSSR count). The van der Waals surface area contributed by atoms with Gasteiger partial charge in [0.1, 0.15) is 0 Å². The van der Waals surface area contributed by atoms with Crippen LogP contribution in [0, 0.1) is 0 Å². The minimum atomic E-state index is 0.676. The fourth-order valence-corrected chi connectivity index (χ4v) is 2.57. The number of rotatable bonds is 2. The predicted molar refractivity (Wildman–Crippen MR) is 75.2 cm³/mol. The summed E-state index contributed by atoms with van der Waals surface area (Å²) in [5, 5.41) is 3.56. The largest absolute Gasteiger partial charge is 0.314 e. The fourth-order valence-electron chi connectivity index (χ4n) is 2.57. The van der Waals surface area contributed by atoms with Crippen molar-refractivity contribution in [3.63, 3.8) is 0 Å². The van der Waals surface area contributed by atoms with Crippen LogP contribution < -0.4 is 5.32 Å². The van der Waals surface area contributed by atoms with E-state index in [4.69, 9.17) is 0 Å². The maximum atomic E-state index is 3.98. The van der Waals surface area contributed by atoms with Crippen molar-refractivity contribution in [2.45, 2.75) is 45.1 Å². The Hall–Kier alpha value is -1.08. The molecule has 1 N–H and O–H groups in total. The molecule has 2 atom stereocenters. The molecule has 1 heteroatoms. The molecule has 0 saturated carbocycles. The zero-order valence-corrected chi connectivity index (χ0v) is 11.0. The van der Waals surface area contributed by atoms with Crippen LogP contribution in [0.5, 0.6) is 0 Å². The summed E-state index contributed by atoms with van der Waals surface area (Å²) in [6.07, 6.45) is 3.85. The van der Waals surface area contributed by atoms with Crippen LogP contribution in [0.25, 0.3) is 5.57 Å². The standard InChI is InChI=1S/C16H23N/c1-12(2)14-6-8-15(9-7-14)16-5-4-13(3)17-11-10-16/h6-9,13,16-17H,1,4-5,10-11H2,2-3H3. The summed E-state index contributed by atoms with van der Waals surface area (Å²) in [4.78, 5) is 0. The first kappa shape index (κ1) is 12.4. The van der Waals surface area contributed by atoms with E-state index in [0.717, 1.165) is 18.0 Å². The highest BCUT2D eigenvalue weighted by molar-refractivity contribution is 5.61. The molecule has 1 aromatic carbocycles. The molecule has 1 aliphatic rings. The molecule has 2 unspecified atom stereocenters. The average Bonchev–Trinajstić information content (AvgIpc) is 2.54. The van der Waals surface area contributed by atoms with Crippen molar-refractivity contribution < 1.29 is 0 Å². The van der Waals surface area contributed by atoms with Gasteiger partial charge in [0.25, 0.3) is 0 Å². The van der Waals surface area contributed by atoms with Crippen molar-refractivity contribution in [2.75, 3.05) is 6.54 Å². The Morgan fingerprint density at radius 1 is 1.18 bits per heavy atom. The van der Waals surface area contributed by atoms with E-state index in [9.17, 15) is 0 Å². The van der Waals surface area contributed by atoms with Crippen LogP contribution in [0.2, 0.25) is 0 Å². The summed E-state index contributed by atoms with van der Waals surface area (Å²) in [7, 11) is 0. The van der Waals surface area contributed by atoms with Crippen molar-refractivity contribution in [3.8, 4) is 0 Å². The summed E-state index contributed by atoms with van der Waals surface area (Å²) in [6.45, 7) is 9.48. The Morgan fingerprint density at radius 3 is 2.53 bits per heavy atom. The highest BCUT2D eigenvalue weighted by Crippen LogP contribution is 2.28. The second kappa shape index (κ2) is 5.50. The third-order valence-corrected chi connectivity index (χ3v) is 3.81. The Kier molecular flexibility index (Phi) is 4.01. The molecular weight excluding hydrogens is 206 g/mol. The SMILES string of the molecule is C=C(C)c1ccc(C2CCNC(C)CC2)cc1. The summed E-state index contributed by atoms with van der Waals surface area (Å²) in [5.74, 6) is 0.728. The van der Waals surface area contributed by atoms with Crippen LogP contribution in [0.3, 0.4) is 0 Å². The Labute approximate surface area is 105 Å². The number of nitrogens with one attached hydrogen (secondary N) is 1. The van der Waals surface area contributed by atoms with Crippen molar-refractivity contribution in [2.24, 2.45) is 0 Å². The van der Waals surface area contributed by atoms with E-state index in [1.807, 2.05) is 0 Å². The topological polar surface area (TPSA) is 12.0 Å². The van der Waals surface area contributed by atoms with Gasteiger partial charge in [-0.1, -0.05) is 36.4 Å². The Morgan fingerprint density at radius 2 is 1.88 bits per heavy atom.